The van der Waals surface area contributed by atoms with Gasteiger partial charge in [0.2, 0.25) is 10.0 Å². The summed E-state index contributed by atoms with van der Waals surface area (Å²) in [5.41, 5.74) is 0. The third kappa shape index (κ3) is 2.85. The Morgan fingerprint density at radius 1 is 1.47 bits per heavy atom. The van der Waals surface area contributed by atoms with Crippen molar-refractivity contribution in [2.75, 3.05) is 0 Å². The van der Waals surface area contributed by atoms with Crippen LogP contribution in [0.25, 0.3) is 0 Å². The standard InChI is InChI=1S/C10H13NO4S2/c12-10(13)7-3-4-8(6-7)11-17(14,15)9-2-1-5-16-9/h1-2,5,7-8,11H,3-4,6H2,(H,12,13)/t7-,8+/m1/s1. The molecule has 0 bridgehead atoms. The zero-order chi connectivity index (χ0) is 12.5. The van der Waals surface area contributed by atoms with E-state index in [0.717, 1.165) is 11.3 Å². The van der Waals surface area contributed by atoms with Gasteiger partial charge in [-0.05, 0) is 30.7 Å². The van der Waals surface area contributed by atoms with Crippen LogP contribution < -0.4 is 4.72 Å². The number of thiophene rings is 1. The fraction of sp³-hybridized carbons (Fsp3) is 0.500. The van der Waals surface area contributed by atoms with Crippen LogP contribution in [0, 0.1) is 5.92 Å². The van der Waals surface area contributed by atoms with Crippen molar-refractivity contribution in [2.45, 2.75) is 29.5 Å². The minimum absolute atomic E-state index is 0.261. The third-order valence-corrected chi connectivity index (χ3v) is 5.78. The normalized spacial score (nSPS) is 24.9. The molecular formula is C10H13NO4S2. The van der Waals surface area contributed by atoms with Crippen LogP contribution >= 0.6 is 11.3 Å². The van der Waals surface area contributed by atoms with Crippen molar-refractivity contribution in [3.8, 4) is 0 Å². The molecule has 2 N–H and O–H groups in total. The fourth-order valence-corrected chi connectivity index (χ4v) is 4.30. The molecule has 0 radical (unpaired) electrons. The van der Waals surface area contributed by atoms with E-state index in [1.807, 2.05) is 0 Å². The fourth-order valence-electron chi connectivity index (χ4n) is 2.01. The van der Waals surface area contributed by atoms with Gasteiger partial charge in [0.1, 0.15) is 4.21 Å². The number of carboxylic acid groups (broad SMARTS) is 1. The second-order valence-electron chi connectivity index (χ2n) is 4.10. The van der Waals surface area contributed by atoms with E-state index in [1.165, 1.54) is 6.07 Å². The van der Waals surface area contributed by atoms with Crippen molar-refractivity contribution in [3.63, 3.8) is 0 Å². The summed E-state index contributed by atoms with van der Waals surface area (Å²) < 4.78 is 26.6. The van der Waals surface area contributed by atoms with Crippen molar-refractivity contribution in [1.82, 2.24) is 4.72 Å². The molecule has 1 fully saturated rings. The highest BCUT2D eigenvalue weighted by atomic mass is 32.2. The summed E-state index contributed by atoms with van der Waals surface area (Å²) in [7, 11) is -3.47. The second kappa shape index (κ2) is 4.75. The molecule has 1 aliphatic rings. The Hall–Kier alpha value is -0.920. The van der Waals surface area contributed by atoms with E-state index in [-0.39, 0.29) is 10.3 Å². The van der Waals surface area contributed by atoms with Crippen LogP contribution in [-0.2, 0) is 14.8 Å². The molecule has 0 saturated heterocycles. The van der Waals surface area contributed by atoms with Crippen LogP contribution in [0.3, 0.4) is 0 Å². The van der Waals surface area contributed by atoms with E-state index in [1.54, 1.807) is 11.4 Å². The predicted octanol–water partition coefficient (Wildman–Crippen LogP) is 1.28. The van der Waals surface area contributed by atoms with Gasteiger partial charge >= 0.3 is 5.97 Å². The van der Waals surface area contributed by atoms with E-state index in [2.05, 4.69) is 4.72 Å². The van der Waals surface area contributed by atoms with Crippen molar-refractivity contribution < 1.29 is 18.3 Å². The highest BCUT2D eigenvalue weighted by molar-refractivity contribution is 7.91. The van der Waals surface area contributed by atoms with Gasteiger partial charge in [-0.3, -0.25) is 4.79 Å². The van der Waals surface area contributed by atoms with Crippen LogP contribution in [0.1, 0.15) is 19.3 Å². The zero-order valence-corrected chi connectivity index (χ0v) is 10.6. The Labute approximate surface area is 104 Å². The highest BCUT2D eigenvalue weighted by Gasteiger charge is 2.32. The average molecular weight is 275 g/mol. The van der Waals surface area contributed by atoms with Gasteiger partial charge in [0, 0.05) is 6.04 Å². The molecule has 7 heteroatoms. The SMILES string of the molecule is O=C(O)[C@@H]1CC[C@H](NS(=O)(=O)c2cccs2)C1. The molecule has 2 rings (SSSR count). The number of hydrogen-bond donors (Lipinski definition) is 2. The Bertz CT molecular complexity index is 494. The molecule has 1 aliphatic carbocycles. The molecule has 0 aliphatic heterocycles. The van der Waals surface area contributed by atoms with Crippen molar-refractivity contribution in [3.05, 3.63) is 17.5 Å². The number of sulfonamides is 1. The van der Waals surface area contributed by atoms with Gasteiger partial charge in [0.15, 0.2) is 0 Å². The minimum Gasteiger partial charge on any atom is -0.481 e. The quantitative estimate of drug-likeness (QED) is 0.867. The summed E-state index contributed by atoms with van der Waals surface area (Å²) in [6.45, 7) is 0. The summed E-state index contributed by atoms with van der Waals surface area (Å²) in [6, 6.07) is 2.95. The van der Waals surface area contributed by atoms with Gasteiger partial charge in [-0.1, -0.05) is 6.07 Å². The van der Waals surface area contributed by atoms with Crippen LogP contribution in [-0.4, -0.2) is 25.5 Å². The number of carbonyl (C=O) groups is 1. The average Bonchev–Trinajstić information content (AvgIpc) is 2.85. The summed E-state index contributed by atoms with van der Waals surface area (Å²) in [6.07, 6.45) is 1.49. The summed E-state index contributed by atoms with van der Waals surface area (Å²) in [5.74, 6) is -1.27. The first-order valence-corrected chi connectivity index (χ1v) is 7.64. The number of carboxylic acids is 1. The molecule has 0 unspecified atom stereocenters. The molecule has 0 aromatic carbocycles. The molecule has 1 aromatic heterocycles. The van der Waals surface area contributed by atoms with Crippen molar-refractivity contribution in [2.24, 2.45) is 5.92 Å². The number of aliphatic carboxylic acids is 1. The van der Waals surface area contributed by atoms with Crippen molar-refractivity contribution >= 4 is 27.3 Å². The third-order valence-electron chi connectivity index (χ3n) is 2.86. The Kier molecular flexibility index (Phi) is 3.50. The van der Waals surface area contributed by atoms with Crippen LogP contribution in [0.5, 0.6) is 0 Å². The molecular weight excluding hydrogens is 262 g/mol. The predicted molar refractivity (Wildman–Crippen MR) is 63.4 cm³/mol. The van der Waals surface area contributed by atoms with E-state index < -0.39 is 21.9 Å². The molecule has 2 atom stereocenters. The maximum atomic E-state index is 11.9. The lowest BCUT2D eigenvalue weighted by Gasteiger charge is -2.11. The summed E-state index contributed by atoms with van der Waals surface area (Å²) >= 11 is 1.15. The van der Waals surface area contributed by atoms with E-state index in [0.29, 0.717) is 19.3 Å². The van der Waals surface area contributed by atoms with Gasteiger partial charge < -0.3 is 5.11 Å². The maximum Gasteiger partial charge on any atom is 0.306 e. The minimum atomic E-state index is -3.47. The Morgan fingerprint density at radius 2 is 2.24 bits per heavy atom. The van der Waals surface area contributed by atoms with E-state index in [4.69, 9.17) is 5.11 Å². The van der Waals surface area contributed by atoms with Crippen LogP contribution in [0.2, 0.25) is 0 Å². The summed E-state index contributed by atoms with van der Waals surface area (Å²) in [4.78, 5) is 10.8. The maximum absolute atomic E-state index is 11.9. The lowest BCUT2D eigenvalue weighted by Crippen LogP contribution is -2.32. The van der Waals surface area contributed by atoms with Gasteiger partial charge in [0.25, 0.3) is 0 Å². The van der Waals surface area contributed by atoms with Crippen LogP contribution in [0.4, 0.5) is 0 Å². The second-order valence-corrected chi connectivity index (χ2v) is 6.99. The van der Waals surface area contributed by atoms with E-state index in [9.17, 15) is 13.2 Å². The van der Waals surface area contributed by atoms with Gasteiger partial charge in [0.05, 0.1) is 5.92 Å². The molecule has 5 nitrogen and oxygen atoms in total. The molecule has 1 aromatic rings. The number of nitrogens with one attached hydrogen (secondary N) is 1. The van der Waals surface area contributed by atoms with Crippen molar-refractivity contribution in [1.29, 1.82) is 0 Å². The number of hydrogen-bond acceptors (Lipinski definition) is 4. The first-order chi connectivity index (χ1) is 7.99. The smallest absolute Gasteiger partial charge is 0.306 e. The Balaban J connectivity index is 2.01. The van der Waals surface area contributed by atoms with E-state index >= 15 is 0 Å². The molecule has 0 amide bonds. The first-order valence-electron chi connectivity index (χ1n) is 5.27. The summed E-state index contributed by atoms with van der Waals surface area (Å²) in [5, 5.41) is 10.5. The van der Waals surface area contributed by atoms with Gasteiger partial charge in [-0.15, -0.1) is 11.3 Å². The highest BCUT2D eigenvalue weighted by Crippen LogP contribution is 2.27. The Morgan fingerprint density at radius 3 is 2.76 bits per heavy atom. The zero-order valence-electron chi connectivity index (χ0n) is 9.00. The molecule has 94 valence electrons. The van der Waals surface area contributed by atoms with Crippen LogP contribution in [0.15, 0.2) is 21.7 Å². The molecule has 0 spiro atoms. The first kappa shape index (κ1) is 12.5. The van der Waals surface area contributed by atoms with Gasteiger partial charge in [-0.25, -0.2) is 13.1 Å². The monoisotopic (exact) mass is 275 g/mol. The molecule has 1 heterocycles. The topological polar surface area (TPSA) is 83.5 Å². The lowest BCUT2D eigenvalue weighted by atomic mass is 10.1. The molecule has 17 heavy (non-hydrogen) atoms. The number of rotatable bonds is 4. The molecule has 1 saturated carbocycles. The lowest BCUT2D eigenvalue weighted by molar-refractivity contribution is -0.141. The largest absolute Gasteiger partial charge is 0.481 e. The van der Waals surface area contributed by atoms with Gasteiger partial charge in [-0.2, -0.15) is 0 Å².